The monoisotopic (exact) mass is 242 g/mol. The summed E-state index contributed by atoms with van der Waals surface area (Å²) in [6, 6.07) is -0.349. The van der Waals surface area contributed by atoms with E-state index in [9.17, 15) is 4.79 Å². The van der Waals surface area contributed by atoms with Gasteiger partial charge in [0, 0.05) is 13.6 Å². The third-order valence-electron chi connectivity index (χ3n) is 2.19. The molecule has 0 saturated heterocycles. The molecule has 0 saturated carbocycles. The number of halogens is 1. The van der Waals surface area contributed by atoms with E-state index in [-0.39, 0.29) is 11.9 Å². The zero-order chi connectivity index (χ0) is 12.1. The molecule has 1 aromatic heterocycles. The lowest BCUT2D eigenvalue weighted by Gasteiger charge is -2.20. The predicted molar refractivity (Wildman–Crippen MR) is 63.4 cm³/mol. The van der Waals surface area contributed by atoms with Gasteiger partial charge in [0.1, 0.15) is 17.0 Å². The molecule has 0 spiro atoms. The lowest BCUT2D eigenvalue weighted by atomic mass is 10.3. The van der Waals surface area contributed by atoms with Gasteiger partial charge in [-0.25, -0.2) is 4.98 Å². The number of amides is 1. The first-order chi connectivity index (χ1) is 7.54. The summed E-state index contributed by atoms with van der Waals surface area (Å²) >= 11 is 5.69. The maximum atomic E-state index is 11.7. The number of rotatable bonds is 4. The standard InChI is InChI=1S/C10H15ClN4O/c1-4-15(3)10(16)7(2)13-9-6-12-5-8(11)14-9/h5-7H,4H2,1-3H3,(H,13,14). The minimum atomic E-state index is -0.349. The molecule has 1 unspecified atom stereocenters. The fraction of sp³-hybridized carbons (Fsp3) is 0.500. The highest BCUT2D eigenvalue weighted by Gasteiger charge is 2.16. The molecule has 1 N–H and O–H groups in total. The lowest BCUT2D eigenvalue weighted by Crippen LogP contribution is -2.39. The molecule has 88 valence electrons. The van der Waals surface area contributed by atoms with Crippen LogP contribution in [0.1, 0.15) is 13.8 Å². The van der Waals surface area contributed by atoms with Gasteiger partial charge in [-0.3, -0.25) is 9.78 Å². The van der Waals surface area contributed by atoms with Gasteiger partial charge in [-0.05, 0) is 13.8 Å². The van der Waals surface area contributed by atoms with Crippen LogP contribution in [0, 0.1) is 0 Å². The van der Waals surface area contributed by atoms with E-state index in [2.05, 4.69) is 15.3 Å². The van der Waals surface area contributed by atoms with Crippen LogP contribution in [0.2, 0.25) is 5.15 Å². The molecule has 0 fully saturated rings. The largest absolute Gasteiger partial charge is 0.357 e. The summed E-state index contributed by atoms with van der Waals surface area (Å²) in [6.45, 7) is 4.37. The van der Waals surface area contributed by atoms with Crippen LogP contribution >= 0.6 is 11.6 Å². The third-order valence-corrected chi connectivity index (χ3v) is 2.37. The second kappa shape index (κ2) is 5.65. The van der Waals surface area contributed by atoms with Gasteiger partial charge in [0.05, 0.1) is 12.4 Å². The number of hydrogen-bond acceptors (Lipinski definition) is 4. The van der Waals surface area contributed by atoms with E-state index in [1.165, 1.54) is 12.4 Å². The first kappa shape index (κ1) is 12.7. The highest BCUT2D eigenvalue weighted by Crippen LogP contribution is 2.08. The molecule has 16 heavy (non-hydrogen) atoms. The number of anilines is 1. The van der Waals surface area contributed by atoms with Crippen molar-refractivity contribution in [2.24, 2.45) is 0 Å². The van der Waals surface area contributed by atoms with Gasteiger partial charge in [0.15, 0.2) is 0 Å². The molecule has 0 bridgehead atoms. The van der Waals surface area contributed by atoms with E-state index in [1.807, 2.05) is 6.92 Å². The minimum Gasteiger partial charge on any atom is -0.357 e. The second-order valence-electron chi connectivity index (χ2n) is 3.45. The number of carbonyl (C=O) groups is 1. The zero-order valence-electron chi connectivity index (χ0n) is 9.57. The smallest absolute Gasteiger partial charge is 0.244 e. The van der Waals surface area contributed by atoms with Gasteiger partial charge >= 0.3 is 0 Å². The van der Waals surface area contributed by atoms with Crippen LogP contribution in [0.3, 0.4) is 0 Å². The van der Waals surface area contributed by atoms with E-state index in [0.29, 0.717) is 17.5 Å². The molecule has 0 aliphatic rings. The Balaban J connectivity index is 2.64. The van der Waals surface area contributed by atoms with Crippen molar-refractivity contribution in [1.82, 2.24) is 14.9 Å². The molecule has 1 atom stereocenters. The van der Waals surface area contributed by atoms with Crippen LogP contribution in [0.5, 0.6) is 0 Å². The molecular formula is C10H15ClN4O. The average molecular weight is 243 g/mol. The van der Waals surface area contributed by atoms with Crippen molar-refractivity contribution in [2.75, 3.05) is 18.9 Å². The van der Waals surface area contributed by atoms with Crippen molar-refractivity contribution in [3.63, 3.8) is 0 Å². The fourth-order valence-electron chi connectivity index (χ4n) is 1.18. The molecular weight excluding hydrogens is 228 g/mol. The maximum absolute atomic E-state index is 11.7. The molecule has 5 nitrogen and oxygen atoms in total. The Morgan fingerprint density at radius 2 is 2.31 bits per heavy atom. The van der Waals surface area contributed by atoms with Crippen LogP contribution in [0.25, 0.3) is 0 Å². The van der Waals surface area contributed by atoms with E-state index < -0.39 is 0 Å². The van der Waals surface area contributed by atoms with Gasteiger partial charge in [-0.2, -0.15) is 0 Å². The van der Waals surface area contributed by atoms with Crippen LogP contribution in [0.4, 0.5) is 5.82 Å². The summed E-state index contributed by atoms with van der Waals surface area (Å²) < 4.78 is 0. The normalized spacial score (nSPS) is 12.0. The number of nitrogens with zero attached hydrogens (tertiary/aromatic N) is 3. The van der Waals surface area contributed by atoms with Crippen molar-refractivity contribution in [2.45, 2.75) is 19.9 Å². The summed E-state index contributed by atoms with van der Waals surface area (Å²) in [5, 5.41) is 3.25. The third kappa shape index (κ3) is 3.34. The Labute approximate surface area is 99.8 Å². The molecule has 0 aliphatic carbocycles. The number of likely N-dealkylation sites (N-methyl/N-ethyl adjacent to an activating group) is 1. The number of nitrogens with one attached hydrogen (secondary N) is 1. The second-order valence-corrected chi connectivity index (χ2v) is 3.83. The maximum Gasteiger partial charge on any atom is 0.244 e. The van der Waals surface area contributed by atoms with Crippen molar-refractivity contribution in [3.05, 3.63) is 17.5 Å². The molecule has 1 rings (SSSR count). The lowest BCUT2D eigenvalue weighted by molar-refractivity contribution is -0.130. The van der Waals surface area contributed by atoms with Crippen molar-refractivity contribution in [3.8, 4) is 0 Å². The molecule has 6 heteroatoms. The predicted octanol–water partition coefficient (Wildman–Crippen LogP) is 1.41. The van der Waals surface area contributed by atoms with E-state index >= 15 is 0 Å². The molecule has 1 heterocycles. The number of carbonyl (C=O) groups excluding carboxylic acids is 1. The molecule has 1 amide bonds. The Morgan fingerprint density at radius 1 is 1.62 bits per heavy atom. The van der Waals surface area contributed by atoms with Crippen LogP contribution < -0.4 is 5.32 Å². The quantitative estimate of drug-likeness (QED) is 0.867. The van der Waals surface area contributed by atoms with E-state index in [4.69, 9.17) is 11.6 Å². The summed E-state index contributed by atoms with van der Waals surface area (Å²) in [5.41, 5.74) is 0. The van der Waals surface area contributed by atoms with Crippen LogP contribution in [-0.2, 0) is 4.79 Å². The summed E-state index contributed by atoms with van der Waals surface area (Å²) in [7, 11) is 1.75. The highest BCUT2D eigenvalue weighted by atomic mass is 35.5. The molecule has 0 aromatic carbocycles. The van der Waals surface area contributed by atoms with Gasteiger partial charge in [0.25, 0.3) is 0 Å². The van der Waals surface area contributed by atoms with Crippen molar-refractivity contribution in [1.29, 1.82) is 0 Å². The Morgan fingerprint density at radius 3 is 2.88 bits per heavy atom. The SMILES string of the molecule is CCN(C)C(=O)C(C)Nc1cncc(Cl)n1. The summed E-state index contributed by atoms with van der Waals surface area (Å²) in [6.07, 6.45) is 2.97. The minimum absolute atomic E-state index is 0.00396. The van der Waals surface area contributed by atoms with Gasteiger partial charge < -0.3 is 10.2 Å². The van der Waals surface area contributed by atoms with Gasteiger partial charge in [-0.1, -0.05) is 11.6 Å². The van der Waals surface area contributed by atoms with Crippen LogP contribution in [0.15, 0.2) is 12.4 Å². The summed E-state index contributed by atoms with van der Waals surface area (Å²) in [5.74, 6) is 0.502. The summed E-state index contributed by atoms with van der Waals surface area (Å²) in [4.78, 5) is 21.3. The Hall–Kier alpha value is -1.36. The number of aromatic nitrogens is 2. The fourth-order valence-corrected chi connectivity index (χ4v) is 1.33. The molecule has 0 radical (unpaired) electrons. The molecule has 1 aromatic rings. The molecule has 0 aliphatic heterocycles. The van der Waals surface area contributed by atoms with Gasteiger partial charge in [-0.15, -0.1) is 0 Å². The van der Waals surface area contributed by atoms with Crippen molar-refractivity contribution >= 4 is 23.3 Å². The Kier molecular flexibility index (Phi) is 4.49. The first-order valence-corrected chi connectivity index (χ1v) is 5.41. The average Bonchev–Trinajstić information content (AvgIpc) is 2.27. The highest BCUT2D eigenvalue weighted by molar-refractivity contribution is 6.29. The van der Waals surface area contributed by atoms with E-state index in [0.717, 1.165) is 0 Å². The Bertz CT molecular complexity index is 372. The topological polar surface area (TPSA) is 58.1 Å². The number of hydrogen-bond donors (Lipinski definition) is 1. The zero-order valence-corrected chi connectivity index (χ0v) is 10.3. The first-order valence-electron chi connectivity index (χ1n) is 5.03. The van der Waals surface area contributed by atoms with Crippen LogP contribution in [-0.4, -0.2) is 40.4 Å². The van der Waals surface area contributed by atoms with Crippen molar-refractivity contribution < 1.29 is 4.79 Å². The van der Waals surface area contributed by atoms with E-state index in [1.54, 1.807) is 18.9 Å². The van der Waals surface area contributed by atoms with Gasteiger partial charge in [0.2, 0.25) is 5.91 Å².